The fraction of sp³-hybridized carbons (Fsp3) is 0.333. The second kappa shape index (κ2) is 6.57. The number of benzene rings is 1. The number of hydrogen-bond acceptors (Lipinski definition) is 4. The largest absolute Gasteiger partial charge is 0.375 e. The fourth-order valence-electron chi connectivity index (χ4n) is 5.59. The number of halogens is 1. The average molecular weight is 417 g/mol. The van der Waals surface area contributed by atoms with E-state index in [4.69, 9.17) is 0 Å². The normalized spacial score (nSPS) is 25.3. The quantitative estimate of drug-likeness (QED) is 0.739. The van der Waals surface area contributed by atoms with E-state index in [9.17, 15) is 9.18 Å². The second-order valence-corrected chi connectivity index (χ2v) is 8.95. The zero-order valence-corrected chi connectivity index (χ0v) is 17.6. The van der Waals surface area contributed by atoms with Gasteiger partial charge in [-0.25, -0.2) is 9.18 Å². The molecular weight excluding hydrogens is 393 g/mol. The molecule has 31 heavy (non-hydrogen) atoms. The molecule has 1 aromatic rings. The molecule has 0 bridgehead atoms. The number of hydrogen-bond donors (Lipinski definition) is 2. The maximum Gasteiger partial charge on any atom is 0.317 e. The van der Waals surface area contributed by atoms with Crippen LogP contribution in [0, 0.1) is 17.7 Å². The molecule has 1 aromatic carbocycles. The Morgan fingerprint density at radius 3 is 2.97 bits per heavy atom. The monoisotopic (exact) mass is 417 g/mol. The van der Waals surface area contributed by atoms with E-state index in [0.717, 1.165) is 59.7 Å². The minimum absolute atomic E-state index is 0.00162. The van der Waals surface area contributed by atoms with Crippen molar-refractivity contribution in [2.45, 2.75) is 6.42 Å². The summed E-state index contributed by atoms with van der Waals surface area (Å²) in [6.45, 7) is 2.31. The molecule has 3 heterocycles. The first-order chi connectivity index (χ1) is 15.0. The van der Waals surface area contributed by atoms with Crippen LogP contribution in [0.15, 0.2) is 52.4 Å². The van der Waals surface area contributed by atoms with Crippen molar-refractivity contribution in [1.29, 1.82) is 0 Å². The van der Waals surface area contributed by atoms with Crippen molar-refractivity contribution in [3.63, 3.8) is 0 Å². The molecule has 2 amide bonds. The van der Waals surface area contributed by atoms with Gasteiger partial charge in [0.05, 0.1) is 11.4 Å². The molecule has 0 saturated carbocycles. The lowest BCUT2D eigenvalue weighted by molar-refractivity contribution is 0.209. The Bertz CT molecular complexity index is 1170. The van der Waals surface area contributed by atoms with E-state index in [1.807, 2.05) is 17.1 Å². The van der Waals surface area contributed by atoms with Crippen molar-refractivity contribution >= 4 is 23.4 Å². The van der Waals surface area contributed by atoms with Crippen LogP contribution in [-0.4, -0.2) is 55.3 Å². The highest BCUT2D eigenvalue weighted by Gasteiger charge is 2.40. The molecule has 7 heteroatoms. The fourth-order valence-corrected chi connectivity index (χ4v) is 5.59. The number of urea groups is 1. The lowest BCUT2D eigenvalue weighted by atomic mass is 9.88. The molecule has 1 saturated heterocycles. The molecule has 1 fully saturated rings. The summed E-state index contributed by atoms with van der Waals surface area (Å²) < 4.78 is 14.4. The summed E-state index contributed by atoms with van der Waals surface area (Å²) in [5, 5.41) is 7.40. The molecule has 2 unspecified atom stereocenters. The summed E-state index contributed by atoms with van der Waals surface area (Å²) in [5.41, 5.74) is 11.4. The van der Waals surface area contributed by atoms with Gasteiger partial charge in [-0.1, -0.05) is 12.2 Å². The number of likely N-dealkylation sites (tertiary alicyclic amines) is 1. The zero-order chi connectivity index (χ0) is 21.3. The zero-order valence-electron chi connectivity index (χ0n) is 17.6. The number of nitrogens with one attached hydrogen (secondary N) is 2. The van der Waals surface area contributed by atoms with Crippen LogP contribution in [0.4, 0.5) is 9.18 Å². The maximum atomic E-state index is 14.4. The van der Waals surface area contributed by atoms with E-state index in [1.165, 1.54) is 11.1 Å². The number of likely N-dealkylation sites (N-methyl/N-ethyl adjacent to an activating group) is 1. The number of hydrazone groups is 1. The van der Waals surface area contributed by atoms with Gasteiger partial charge < -0.3 is 15.1 Å². The third-order valence-corrected chi connectivity index (χ3v) is 6.99. The number of carbonyl (C=O) groups is 1. The summed E-state index contributed by atoms with van der Waals surface area (Å²) >= 11 is 0. The third-order valence-electron chi connectivity index (χ3n) is 6.99. The predicted molar refractivity (Wildman–Crippen MR) is 118 cm³/mol. The van der Waals surface area contributed by atoms with E-state index in [-0.39, 0.29) is 11.8 Å². The standard InChI is InChI=1S/C24H24FN5O/c1-26-24(31)30-9-15-5-14(6-16(15)10-30)19-11-29(2)12-20-18-8-17(25)7-13-3-4-21(22(13)18)27-28-23(19)20/h3-5,7-8,12,15-16,28H,6,9-11H2,1-2H3,(H,26,31). The van der Waals surface area contributed by atoms with Gasteiger partial charge in [-0.2, -0.15) is 5.10 Å². The maximum absolute atomic E-state index is 14.4. The van der Waals surface area contributed by atoms with Gasteiger partial charge in [-0.3, -0.25) is 5.43 Å². The Balaban J connectivity index is 1.42. The van der Waals surface area contributed by atoms with Gasteiger partial charge in [0.1, 0.15) is 5.82 Å². The van der Waals surface area contributed by atoms with Crippen molar-refractivity contribution in [2.75, 3.05) is 33.7 Å². The summed E-state index contributed by atoms with van der Waals surface area (Å²) in [4.78, 5) is 16.1. The summed E-state index contributed by atoms with van der Waals surface area (Å²) in [6.07, 6.45) is 9.23. The van der Waals surface area contributed by atoms with Crippen molar-refractivity contribution < 1.29 is 9.18 Å². The SMILES string of the molecule is CNC(=O)N1CC2C=C(C3=C4NN=C5C=Cc6cc(F)cc(c65)C4=CN(C)C3)CC2C1. The van der Waals surface area contributed by atoms with Gasteiger partial charge in [-0.05, 0) is 58.7 Å². The van der Waals surface area contributed by atoms with Crippen LogP contribution in [0.3, 0.4) is 0 Å². The van der Waals surface area contributed by atoms with Crippen LogP contribution < -0.4 is 10.7 Å². The summed E-state index contributed by atoms with van der Waals surface area (Å²) in [6, 6.07) is 3.19. The Kier molecular flexibility index (Phi) is 3.91. The minimum Gasteiger partial charge on any atom is -0.375 e. The highest BCUT2D eigenvalue weighted by Crippen LogP contribution is 2.44. The molecule has 3 aliphatic heterocycles. The third kappa shape index (κ3) is 2.76. The molecule has 0 spiro atoms. The van der Waals surface area contributed by atoms with E-state index in [0.29, 0.717) is 11.8 Å². The number of allylic oxidation sites excluding steroid dienone is 2. The molecule has 2 atom stereocenters. The predicted octanol–water partition coefficient (Wildman–Crippen LogP) is 2.92. The first-order valence-electron chi connectivity index (χ1n) is 10.7. The first-order valence-corrected chi connectivity index (χ1v) is 10.7. The molecule has 6 nitrogen and oxygen atoms in total. The van der Waals surface area contributed by atoms with Crippen LogP contribution in [0.5, 0.6) is 0 Å². The minimum atomic E-state index is -0.236. The summed E-state index contributed by atoms with van der Waals surface area (Å²) in [7, 11) is 3.73. The van der Waals surface area contributed by atoms with Crippen LogP contribution in [-0.2, 0) is 0 Å². The molecular formula is C24H24FN5O. The van der Waals surface area contributed by atoms with Gasteiger partial charge in [0.25, 0.3) is 0 Å². The van der Waals surface area contributed by atoms with E-state index in [2.05, 4.69) is 40.1 Å². The van der Waals surface area contributed by atoms with Crippen LogP contribution in [0.1, 0.15) is 23.1 Å². The topological polar surface area (TPSA) is 60.0 Å². The second-order valence-electron chi connectivity index (χ2n) is 8.95. The van der Waals surface area contributed by atoms with Gasteiger partial charge >= 0.3 is 6.03 Å². The lowest BCUT2D eigenvalue weighted by Crippen LogP contribution is -2.36. The number of nitrogens with zero attached hydrogens (tertiary/aromatic N) is 3. The van der Waals surface area contributed by atoms with Crippen molar-refractivity contribution in [3.05, 3.63) is 69.8 Å². The Morgan fingerprint density at radius 1 is 1.29 bits per heavy atom. The smallest absolute Gasteiger partial charge is 0.317 e. The van der Waals surface area contributed by atoms with Crippen LogP contribution >= 0.6 is 0 Å². The lowest BCUT2D eigenvalue weighted by Gasteiger charge is -2.29. The first kappa shape index (κ1) is 18.4. The molecule has 0 aromatic heterocycles. The van der Waals surface area contributed by atoms with Gasteiger partial charge in [0, 0.05) is 51.1 Å². The van der Waals surface area contributed by atoms with Gasteiger partial charge in [0.2, 0.25) is 0 Å². The van der Waals surface area contributed by atoms with E-state index >= 15 is 0 Å². The molecule has 0 radical (unpaired) electrons. The average Bonchev–Trinajstić information content (AvgIpc) is 3.41. The Labute approximate surface area is 180 Å². The van der Waals surface area contributed by atoms with Crippen molar-refractivity contribution in [2.24, 2.45) is 16.9 Å². The van der Waals surface area contributed by atoms with Gasteiger partial charge in [0.15, 0.2) is 0 Å². The summed E-state index contributed by atoms with van der Waals surface area (Å²) in [5.74, 6) is 0.589. The number of carbonyl (C=O) groups excluding carboxylic acids is 1. The van der Waals surface area contributed by atoms with E-state index < -0.39 is 0 Å². The molecule has 158 valence electrons. The van der Waals surface area contributed by atoms with Crippen molar-refractivity contribution in [1.82, 2.24) is 20.5 Å². The number of amides is 2. The van der Waals surface area contributed by atoms with Crippen LogP contribution in [0.25, 0.3) is 11.6 Å². The molecule has 2 aliphatic carbocycles. The molecule has 2 N–H and O–H groups in total. The van der Waals surface area contributed by atoms with Crippen molar-refractivity contribution in [3.8, 4) is 0 Å². The molecule has 5 aliphatic rings. The number of rotatable bonds is 1. The number of fused-ring (bicyclic) bond motifs is 3. The van der Waals surface area contributed by atoms with Gasteiger partial charge in [-0.15, -0.1) is 0 Å². The van der Waals surface area contributed by atoms with E-state index in [1.54, 1.807) is 19.2 Å². The molecule has 6 rings (SSSR count). The van der Waals surface area contributed by atoms with Crippen LogP contribution in [0.2, 0.25) is 0 Å². The Hall–Kier alpha value is -3.35. The highest BCUT2D eigenvalue weighted by atomic mass is 19.1. The Morgan fingerprint density at radius 2 is 2.16 bits per heavy atom. The highest BCUT2D eigenvalue weighted by molar-refractivity contribution is 6.20.